The quantitative estimate of drug-likeness (QED) is 0.592. The van der Waals surface area contributed by atoms with Crippen LogP contribution in [0, 0.1) is 11.8 Å². The Balaban J connectivity index is 1.75. The number of primary amides is 1. The molecule has 7 nitrogen and oxygen atoms in total. The minimum atomic E-state index is -0.714. The van der Waals surface area contributed by atoms with Crippen LogP contribution in [0.15, 0.2) is 12.1 Å². The minimum Gasteiger partial charge on any atom is -0.477 e. The minimum absolute atomic E-state index is 0.234. The molecule has 0 unspecified atom stereocenters. The third-order valence-electron chi connectivity index (χ3n) is 4.54. The first-order valence-corrected chi connectivity index (χ1v) is 9.43. The molecule has 2 aliphatic rings. The first-order valence-electron chi connectivity index (χ1n) is 9.43. The Kier molecular flexibility index (Phi) is 5.64. The number of hydrogen-bond donors (Lipinski definition) is 3. The van der Waals surface area contributed by atoms with Crippen molar-refractivity contribution >= 4 is 17.5 Å². The van der Waals surface area contributed by atoms with Gasteiger partial charge in [0.05, 0.1) is 12.3 Å². The molecular formula is C19H28N4O3. The second kappa shape index (κ2) is 7.93. The number of ether oxygens (including phenoxy) is 1. The third-order valence-corrected chi connectivity index (χ3v) is 4.54. The van der Waals surface area contributed by atoms with Crippen molar-refractivity contribution < 1.29 is 14.3 Å². The fourth-order valence-electron chi connectivity index (χ4n) is 2.69. The highest BCUT2D eigenvalue weighted by Crippen LogP contribution is 2.30. The standard InChI is InChI=1S/C19H28N4O3/c1-11(2)9-15(18(20)24)22-19(25)17-14(21-13-5-6-13)7-8-16(23-17)26-10-12-3-4-12/h7-8,11-13,15,21H,3-6,9-10H2,1-2H3,(H2,20,24)(H,22,25)/t15-/m0/s1. The highest BCUT2D eigenvalue weighted by atomic mass is 16.5. The Morgan fingerprint density at radius 3 is 2.58 bits per heavy atom. The second-order valence-electron chi connectivity index (χ2n) is 7.78. The number of amides is 2. The predicted molar refractivity (Wildman–Crippen MR) is 99.0 cm³/mol. The lowest BCUT2D eigenvalue weighted by Crippen LogP contribution is -2.45. The molecule has 0 saturated heterocycles. The molecule has 0 spiro atoms. The van der Waals surface area contributed by atoms with Crippen LogP contribution in [0.4, 0.5) is 5.69 Å². The molecule has 1 aromatic rings. The summed E-state index contributed by atoms with van der Waals surface area (Å²) in [7, 11) is 0. The number of nitrogens with two attached hydrogens (primary N) is 1. The summed E-state index contributed by atoms with van der Waals surface area (Å²) in [6.45, 7) is 4.58. The van der Waals surface area contributed by atoms with Gasteiger partial charge in [0.1, 0.15) is 6.04 Å². The molecule has 2 aliphatic carbocycles. The van der Waals surface area contributed by atoms with Crippen LogP contribution < -0.4 is 21.1 Å². The monoisotopic (exact) mass is 360 g/mol. The van der Waals surface area contributed by atoms with Crippen LogP contribution in [0.2, 0.25) is 0 Å². The Morgan fingerprint density at radius 1 is 1.27 bits per heavy atom. The van der Waals surface area contributed by atoms with Gasteiger partial charge in [-0.15, -0.1) is 0 Å². The average molecular weight is 360 g/mol. The predicted octanol–water partition coefficient (Wildman–Crippen LogP) is 2.07. The molecule has 1 heterocycles. The number of nitrogens with one attached hydrogen (secondary N) is 2. The van der Waals surface area contributed by atoms with E-state index in [0.29, 0.717) is 36.6 Å². The van der Waals surface area contributed by atoms with Gasteiger partial charge < -0.3 is 21.1 Å². The molecule has 0 aliphatic heterocycles. The Bertz CT molecular complexity index is 669. The van der Waals surface area contributed by atoms with Crippen molar-refractivity contribution in [2.24, 2.45) is 17.6 Å². The summed E-state index contributed by atoms with van der Waals surface area (Å²) in [4.78, 5) is 28.9. The largest absolute Gasteiger partial charge is 0.477 e. The van der Waals surface area contributed by atoms with Gasteiger partial charge >= 0.3 is 0 Å². The van der Waals surface area contributed by atoms with Crippen molar-refractivity contribution in [2.45, 2.75) is 58.0 Å². The number of carbonyl (C=O) groups excluding carboxylic acids is 2. The lowest BCUT2D eigenvalue weighted by molar-refractivity contribution is -0.120. The average Bonchev–Trinajstić information content (AvgIpc) is 3.47. The molecule has 1 aromatic heterocycles. The smallest absolute Gasteiger partial charge is 0.272 e. The Morgan fingerprint density at radius 2 is 2.00 bits per heavy atom. The summed E-state index contributed by atoms with van der Waals surface area (Å²) in [5.74, 6) is 0.323. The Labute approximate surface area is 154 Å². The van der Waals surface area contributed by atoms with Gasteiger partial charge in [-0.05, 0) is 50.0 Å². The SMILES string of the molecule is CC(C)C[C@H](NC(=O)c1nc(OCC2CC2)ccc1NC1CC1)C(N)=O. The van der Waals surface area contributed by atoms with Crippen LogP contribution in [0.3, 0.4) is 0 Å². The van der Waals surface area contributed by atoms with E-state index in [1.54, 1.807) is 6.07 Å². The van der Waals surface area contributed by atoms with Crippen LogP contribution in [-0.2, 0) is 4.79 Å². The zero-order chi connectivity index (χ0) is 18.7. The maximum Gasteiger partial charge on any atom is 0.272 e. The van der Waals surface area contributed by atoms with Crippen LogP contribution in [0.1, 0.15) is 56.4 Å². The van der Waals surface area contributed by atoms with Crippen LogP contribution in [0.25, 0.3) is 0 Å². The van der Waals surface area contributed by atoms with Crippen LogP contribution in [0.5, 0.6) is 5.88 Å². The molecule has 0 radical (unpaired) electrons. The molecule has 26 heavy (non-hydrogen) atoms. The molecule has 142 valence electrons. The second-order valence-corrected chi connectivity index (χ2v) is 7.78. The number of nitrogens with zero attached hydrogens (tertiary/aromatic N) is 1. The number of aromatic nitrogens is 1. The fourth-order valence-corrected chi connectivity index (χ4v) is 2.69. The van der Waals surface area contributed by atoms with Gasteiger partial charge in [0.15, 0.2) is 5.69 Å². The van der Waals surface area contributed by atoms with Crippen molar-refractivity contribution in [1.82, 2.24) is 10.3 Å². The van der Waals surface area contributed by atoms with E-state index in [0.717, 1.165) is 12.8 Å². The first-order chi connectivity index (χ1) is 12.4. The number of carbonyl (C=O) groups is 2. The van der Waals surface area contributed by atoms with Gasteiger partial charge in [0.25, 0.3) is 5.91 Å². The molecule has 3 rings (SSSR count). The molecule has 1 atom stereocenters. The van der Waals surface area contributed by atoms with Gasteiger partial charge in [-0.3, -0.25) is 9.59 Å². The van der Waals surface area contributed by atoms with E-state index in [2.05, 4.69) is 15.6 Å². The zero-order valence-corrected chi connectivity index (χ0v) is 15.5. The third kappa shape index (κ3) is 5.34. The molecular weight excluding hydrogens is 332 g/mol. The molecule has 0 aromatic carbocycles. The van der Waals surface area contributed by atoms with Gasteiger partial charge in [-0.25, -0.2) is 4.98 Å². The van der Waals surface area contributed by atoms with Crippen molar-refractivity contribution in [3.05, 3.63) is 17.8 Å². The lowest BCUT2D eigenvalue weighted by atomic mass is 10.0. The van der Waals surface area contributed by atoms with Crippen molar-refractivity contribution in [3.63, 3.8) is 0 Å². The van der Waals surface area contributed by atoms with Crippen molar-refractivity contribution in [2.75, 3.05) is 11.9 Å². The number of pyridine rings is 1. The maximum absolute atomic E-state index is 12.8. The summed E-state index contributed by atoms with van der Waals surface area (Å²) in [6.07, 6.45) is 5.02. The first kappa shape index (κ1) is 18.5. The van der Waals surface area contributed by atoms with Crippen LogP contribution in [-0.4, -0.2) is 35.5 Å². The summed E-state index contributed by atoms with van der Waals surface area (Å²) < 4.78 is 5.70. The summed E-state index contributed by atoms with van der Waals surface area (Å²) >= 11 is 0. The summed E-state index contributed by atoms with van der Waals surface area (Å²) in [5, 5.41) is 6.05. The normalized spacial score (nSPS) is 17.7. The number of rotatable bonds is 10. The van der Waals surface area contributed by atoms with E-state index in [-0.39, 0.29) is 11.6 Å². The maximum atomic E-state index is 12.8. The zero-order valence-electron chi connectivity index (χ0n) is 15.5. The lowest BCUT2D eigenvalue weighted by Gasteiger charge is -2.19. The van der Waals surface area contributed by atoms with E-state index in [1.807, 2.05) is 19.9 Å². The van der Waals surface area contributed by atoms with E-state index >= 15 is 0 Å². The van der Waals surface area contributed by atoms with Gasteiger partial charge in [0, 0.05) is 12.1 Å². The fraction of sp³-hybridized carbons (Fsp3) is 0.632. The molecule has 2 amide bonds. The van der Waals surface area contributed by atoms with Crippen molar-refractivity contribution in [1.29, 1.82) is 0 Å². The van der Waals surface area contributed by atoms with E-state index in [4.69, 9.17) is 10.5 Å². The van der Waals surface area contributed by atoms with Crippen molar-refractivity contribution in [3.8, 4) is 5.88 Å². The van der Waals surface area contributed by atoms with E-state index in [9.17, 15) is 9.59 Å². The van der Waals surface area contributed by atoms with E-state index < -0.39 is 17.9 Å². The Hall–Kier alpha value is -2.31. The number of anilines is 1. The molecule has 4 N–H and O–H groups in total. The van der Waals surface area contributed by atoms with Crippen LogP contribution >= 0.6 is 0 Å². The van der Waals surface area contributed by atoms with Gasteiger partial charge in [0.2, 0.25) is 11.8 Å². The molecule has 2 fully saturated rings. The highest BCUT2D eigenvalue weighted by molar-refractivity contribution is 6.00. The molecule has 0 bridgehead atoms. The summed E-state index contributed by atoms with van der Waals surface area (Å²) in [5.41, 5.74) is 6.36. The summed E-state index contributed by atoms with van der Waals surface area (Å²) in [6, 6.07) is 3.27. The topological polar surface area (TPSA) is 106 Å². The molecule has 2 saturated carbocycles. The number of hydrogen-bond acceptors (Lipinski definition) is 5. The van der Waals surface area contributed by atoms with Gasteiger partial charge in [-0.2, -0.15) is 0 Å². The van der Waals surface area contributed by atoms with E-state index in [1.165, 1.54) is 12.8 Å². The van der Waals surface area contributed by atoms with Gasteiger partial charge in [-0.1, -0.05) is 13.8 Å². The molecule has 7 heteroatoms. The highest BCUT2D eigenvalue weighted by Gasteiger charge is 2.27.